The first-order chi connectivity index (χ1) is 10.2. The third-order valence-electron chi connectivity index (χ3n) is 3.04. The molecule has 0 aromatic heterocycles. The molecule has 1 amide bonds. The number of carbonyl (C=O) groups is 1. The molecule has 0 bridgehead atoms. The number of rotatable bonds is 6. The molecule has 0 fully saturated rings. The summed E-state index contributed by atoms with van der Waals surface area (Å²) in [4.78, 5) is 12.1. The summed E-state index contributed by atoms with van der Waals surface area (Å²) in [6, 6.07) is 13.4. The van der Waals surface area contributed by atoms with Gasteiger partial charge in [0.05, 0.1) is 12.2 Å². The van der Waals surface area contributed by atoms with Crippen LogP contribution in [0.4, 0.5) is 4.39 Å². The molecule has 0 radical (unpaired) electrons. The molecule has 0 atom stereocenters. The normalized spacial score (nSPS) is 10.2. The largest absolute Gasteiger partial charge is 0.493 e. The van der Waals surface area contributed by atoms with E-state index < -0.39 is 0 Å². The summed E-state index contributed by atoms with van der Waals surface area (Å²) in [5, 5.41) is 2.85. The SMILES string of the molecule is CCOc1ccccc1C(=O)NCCc1ccc(F)cc1. The van der Waals surface area contributed by atoms with E-state index in [0.29, 0.717) is 30.9 Å². The molecule has 2 aromatic carbocycles. The standard InChI is InChI=1S/C17H18FNO2/c1-2-21-16-6-4-3-5-15(16)17(20)19-12-11-13-7-9-14(18)10-8-13/h3-10H,2,11-12H2,1H3,(H,19,20). The number of benzene rings is 2. The Morgan fingerprint density at radius 3 is 2.57 bits per heavy atom. The maximum absolute atomic E-state index is 12.8. The first-order valence-electron chi connectivity index (χ1n) is 6.95. The van der Waals surface area contributed by atoms with Crippen molar-refractivity contribution >= 4 is 5.91 Å². The molecule has 0 saturated carbocycles. The Labute approximate surface area is 123 Å². The number of hydrogen-bond acceptors (Lipinski definition) is 2. The fourth-order valence-electron chi connectivity index (χ4n) is 2.00. The first kappa shape index (κ1) is 15.0. The molecule has 0 saturated heterocycles. The topological polar surface area (TPSA) is 38.3 Å². The maximum Gasteiger partial charge on any atom is 0.255 e. The molecule has 0 aliphatic heterocycles. The van der Waals surface area contributed by atoms with Crippen LogP contribution >= 0.6 is 0 Å². The Hall–Kier alpha value is -2.36. The average molecular weight is 287 g/mol. The van der Waals surface area contributed by atoms with Crippen molar-refractivity contribution in [3.05, 3.63) is 65.5 Å². The van der Waals surface area contributed by atoms with Crippen LogP contribution in [0.2, 0.25) is 0 Å². The van der Waals surface area contributed by atoms with Crippen LogP contribution in [0.25, 0.3) is 0 Å². The van der Waals surface area contributed by atoms with Gasteiger partial charge in [0.25, 0.3) is 5.91 Å². The monoisotopic (exact) mass is 287 g/mol. The predicted octanol–water partition coefficient (Wildman–Crippen LogP) is 3.20. The molecule has 0 aliphatic carbocycles. The smallest absolute Gasteiger partial charge is 0.255 e. The zero-order valence-corrected chi connectivity index (χ0v) is 11.9. The molecular formula is C17H18FNO2. The number of carbonyl (C=O) groups excluding carboxylic acids is 1. The van der Waals surface area contributed by atoms with E-state index in [4.69, 9.17) is 4.74 Å². The second-order valence-corrected chi connectivity index (χ2v) is 4.56. The molecule has 21 heavy (non-hydrogen) atoms. The van der Waals surface area contributed by atoms with Crippen LogP contribution in [-0.2, 0) is 6.42 Å². The lowest BCUT2D eigenvalue weighted by Gasteiger charge is -2.10. The van der Waals surface area contributed by atoms with Gasteiger partial charge in [0, 0.05) is 6.54 Å². The van der Waals surface area contributed by atoms with Gasteiger partial charge in [-0.05, 0) is 43.2 Å². The Morgan fingerprint density at radius 2 is 1.86 bits per heavy atom. The van der Waals surface area contributed by atoms with Crippen LogP contribution in [0.3, 0.4) is 0 Å². The fourth-order valence-corrected chi connectivity index (χ4v) is 2.00. The van der Waals surface area contributed by atoms with Crippen molar-refractivity contribution in [2.24, 2.45) is 0 Å². The van der Waals surface area contributed by atoms with Crippen molar-refractivity contribution in [2.75, 3.05) is 13.2 Å². The number of ether oxygens (including phenoxy) is 1. The first-order valence-corrected chi connectivity index (χ1v) is 6.95. The molecule has 110 valence electrons. The van der Waals surface area contributed by atoms with Crippen molar-refractivity contribution in [3.63, 3.8) is 0 Å². The van der Waals surface area contributed by atoms with Crippen molar-refractivity contribution in [2.45, 2.75) is 13.3 Å². The van der Waals surface area contributed by atoms with Gasteiger partial charge < -0.3 is 10.1 Å². The second kappa shape index (κ2) is 7.43. The molecule has 0 heterocycles. The zero-order chi connectivity index (χ0) is 15.1. The van der Waals surface area contributed by atoms with Gasteiger partial charge in [-0.25, -0.2) is 4.39 Å². The minimum atomic E-state index is -0.256. The van der Waals surface area contributed by atoms with Gasteiger partial charge in [0.15, 0.2) is 0 Å². The van der Waals surface area contributed by atoms with Gasteiger partial charge in [0.1, 0.15) is 11.6 Å². The van der Waals surface area contributed by atoms with Gasteiger partial charge in [-0.1, -0.05) is 24.3 Å². The molecule has 3 nitrogen and oxygen atoms in total. The minimum absolute atomic E-state index is 0.166. The number of nitrogens with one attached hydrogen (secondary N) is 1. The highest BCUT2D eigenvalue weighted by Gasteiger charge is 2.10. The molecule has 0 aliphatic rings. The quantitative estimate of drug-likeness (QED) is 0.886. The molecule has 0 spiro atoms. The Morgan fingerprint density at radius 1 is 1.14 bits per heavy atom. The van der Waals surface area contributed by atoms with Gasteiger partial charge >= 0.3 is 0 Å². The zero-order valence-electron chi connectivity index (χ0n) is 11.9. The van der Waals surface area contributed by atoms with Crippen LogP contribution in [0.5, 0.6) is 5.75 Å². The van der Waals surface area contributed by atoms with Gasteiger partial charge in [-0.2, -0.15) is 0 Å². The molecule has 2 rings (SSSR count). The summed E-state index contributed by atoms with van der Waals surface area (Å²) < 4.78 is 18.2. The van der Waals surface area contributed by atoms with Crippen molar-refractivity contribution in [1.29, 1.82) is 0 Å². The lowest BCUT2D eigenvalue weighted by atomic mass is 10.1. The highest BCUT2D eigenvalue weighted by molar-refractivity contribution is 5.96. The van der Waals surface area contributed by atoms with E-state index in [-0.39, 0.29) is 11.7 Å². The van der Waals surface area contributed by atoms with E-state index in [1.807, 2.05) is 13.0 Å². The summed E-state index contributed by atoms with van der Waals surface area (Å²) in [5.74, 6) is 0.161. The summed E-state index contributed by atoms with van der Waals surface area (Å²) >= 11 is 0. The van der Waals surface area contributed by atoms with Crippen molar-refractivity contribution in [3.8, 4) is 5.75 Å². The summed E-state index contributed by atoms with van der Waals surface area (Å²) in [6.07, 6.45) is 0.656. The third kappa shape index (κ3) is 4.31. The van der Waals surface area contributed by atoms with Gasteiger partial charge in [0.2, 0.25) is 0 Å². The van der Waals surface area contributed by atoms with Gasteiger partial charge in [-0.15, -0.1) is 0 Å². The third-order valence-corrected chi connectivity index (χ3v) is 3.04. The number of hydrogen-bond donors (Lipinski definition) is 1. The van der Waals surface area contributed by atoms with Crippen molar-refractivity contribution in [1.82, 2.24) is 5.32 Å². The molecule has 0 unspecified atom stereocenters. The van der Waals surface area contributed by atoms with E-state index in [2.05, 4.69) is 5.32 Å². The fraction of sp³-hybridized carbons (Fsp3) is 0.235. The summed E-state index contributed by atoms with van der Waals surface area (Å²) in [5.41, 5.74) is 1.51. The van der Waals surface area contributed by atoms with Crippen LogP contribution < -0.4 is 10.1 Å². The van der Waals surface area contributed by atoms with E-state index in [1.165, 1.54) is 12.1 Å². The number of para-hydroxylation sites is 1. The lowest BCUT2D eigenvalue weighted by Crippen LogP contribution is -2.26. The molecule has 2 aromatic rings. The lowest BCUT2D eigenvalue weighted by molar-refractivity contribution is 0.0950. The van der Waals surface area contributed by atoms with Gasteiger partial charge in [-0.3, -0.25) is 4.79 Å². The highest BCUT2D eigenvalue weighted by atomic mass is 19.1. The maximum atomic E-state index is 12.8. The highest BCUT2D eigenvalue weighted by Crippen LogP contribution is 2.17. The van der Waals surface area contributed by atoms with E-state index >= 15 is 0 Å². The summed E-state index contributed by atoms with van der Waals surface area (Å²) in [6.45, 7) is 2.88. The Kier molecular flexibility index (Phi) is 5.32. The van der Waals surface area contributed by atoms with E-state index in [0.717, 1.165) is 5.56 Å². The predicted molar refractivity (Wildman–Crippen MR) is 80.0 cm³/mol. The molecule has 4 heteroatoms. The summed E-state index contributed by atoms with van der Waals surface area (Å²) in [7, 11) is 0. The Bertz CT molecular complexity index is 596. The van der Waals surface area contributed by atoms with Crippen LogP contribution in [-0.4, -0.2) is 19.1 Å². The second-order valence-electron chi connectivity index (χ2n) is 4.56. The van der Waals surface area contributed by atoms with Crippen LogP contribution in [0, 0.1) is 5.82 Å². The molecular weight excluding hydrogens is 269 g/mol. The van der Waals surface area contributed by atoms with E-state index in [1.54, 1.807) is 30.3 Å². The van der Waals surface area contributed by atoms with Crippen LogP contribution in [0.1, 0.15) is 22.8 Å². The number of halogens is 1. The minimum Gasteiger partial charge on any atom is -0.493 e. The molecule has 1 N–H and O–H groups in total. The Balaban J connectivity index is 1.91. The van der Waals surface area contributed by atoms with Crippen molar-refractivity contribution < 1.29 is 13.9 Å². The average Bonchev–Trinajstić information content (AvgIpc) is 2.50. The van der Waals surface area contributed by atoms with Crippen LogP contribution in [0.15, 0.2) is 48.5 Å². The number of amides is 1. The van der Waals surface area contributed by atoms with E-state index in [9.17, 15) is 9.18 Å².